The molecule has 0 nitrogen and oxygen atoms in total. The van der Waals surface area contributed by atoms with E-state index in [2.05, 4.69) is 13.2 Å². The number of hydrogen-bond donors (Lipinski definition) is 0. The van der Waals surface area contributed by atoms with Gasteiger partial charge in [-0.1, -0.05) is 0 Å². The van der Waals surface area contributed by atoms with E-state index < -0.39 is 13.7 Å². The van der Waals surface area contributed by atoms with Gasteiger partial charge < -0.3 is 0 Å². The Hall–Kier alpha value is 0.328. The van der Waals surface area contributed by atoms with Crippen LogP contribution in [-0.2, 0) is 0 Å². The predicted molar refractivity (Wildman–Crippen MR) is 32.0 cm³/mol. The third-order valence-corrected chi connectivity index (χ3v) is 3.25. The standard InChI is InChI=1S/C4H6AsCl/c1-3-5(6)4-2/h3-4H,1-2H2. The van der Waals surface area contributed by atoms with Crippen molar-refractivity contribution < 1.29 is 0 Å². The van der Waals surface area contributed by atoms with E-state index in [4.69, 9.17) is 9.95 Å². The summed E-state index contributed by atoms with van der Waals surface area (Å²) >= 11 is -1.22. The average molecular weight is 164 g/mol. The third-order valence-electron chi connectivity index (χ3n) is 0.349. The molecular formula is C4H6AsCl. The summed E-state index contributed by atoms with van der Waals surface area (Å²) in [7, 11) is 5.56. The molecule has 0 aromatic rings. The Kier molecular flexibility index (Phi) is 3.71. The molecule has 0 atom stereocenters. The minimum atomic E-state index is -1.22. The van der Waals surface area contributed by atoms with Crippen molar-refractivity contribution in [3.05, 3.63) is 22.9 Å². The van der Waals surface area contributed by atoms with Gasteiger partial charge in [-0.15, -0.1) is 0 Å². The van der Waals surface area contributed by atoms with Crippen LogP contribution < -0.4 is 0 Å². The fraction of sp³-hybridized carbons (Fsp3) is 0. The first kappa shape index (κ1) is 6.33. The molecule has 0 aromatic carbocycles. The van der Waals surface area contributed by atoms with E-state index >= 15 is 0 Å². The zero-order valence-corrected chi connectivity index (χ0v) is 6.03. The van der Waals surface area contributed by atoms with E-state index in [-0.39, 0.29) is 0 Å². The van der Waals surface area contributed by atoms with Gasteiger partial charge in [-0.25, -0.2) is 0 Å². The van der Waals surface area contributed by atoms with Crippen molar-refractivity contribution in [1.29, 1.82) is 0 Å². The zero-order chi connectivity index (χ0) is 4.99. The van der Waals surface area contributed by atoms with Gasteiger partial charge >= 0.3 is 46.5 Å². The first-order chi connectivity index (χ1) is 2.81. The van der Waals surface area contributed by atoms with Crippen molar-refractivity contribution in [1.82, 2.24) is 0 Å². The van der Waals surface area contributed by atoms with Crippen molar-refractivity contribution >= 4 is 23.7 Å². The van der Waals surface area contributed by atoms with Crippen LogP contribution in [0.4, 0.5) is 0 Å². The molecule has 0 aliphatic heterocycles. The molecule has 0 aromatic heterocycles. The Morgan fingerprint density at radius 3 is 1.67 bits per heavy atom. The van der Waals surface area contributed by atoms with Crippen LogP contribution in [0.3, 0.4) is 0 Å². The second-order valence-electron chi connectivity index (χ2n) is 0.709. The van der Waals surface area contributed by atoms with E-state index in [9.17, 15) is 0 Å². The van der Waals surface area contributed by atoms with Gasteiger partial charge in [0.25, 0.3) is 0 Å². The fourth-order valence-electron chi connectivity index (χ4n) is 0.0745. The van der Waals surface area contributed by atoms with Gasteiger partial charge in [0.2, 0.25) is 0 Å². The molecule has 34 valence electrons. The molecule has 0 saturated heterocycles. The summed E-state index contributed by atoms with van der Waals surface area (Å²) in [6.45, 7) is 6.99. The molecule has 0 rings (SSSR count). The van der Waals surface area contributed by atoms with Gasteiger partial charge in [0.15, 0.2) is 0 Å². The first-order valence-electron chi connectivity index (χ1n) is 1.50. The quantitative estimate of drug-likeness (QED) is 0.545. The Balaban J connectivity index is 3.21. The Morgan fingerprint density at radius 2 is 1.67 bits per heavy atom. The third kappa shape index (κ3) is 2.56. The number of hydrogen-bond acceptors (Lipinski definition) is 0. The molecule has 0 N–H and O–H groups in total. The Labute approximate surface area is 46.9 Å². The molecule has 0 unspecified atom stereocenters. The van der Waals surface area contributed by atoms with Crippen LogP contribution in [0, 0.1) is 0 Å². The molecule has 0 spiro atoms. The van der Waals surface area contributed by atoms with Gasteiger partial charge in [-0.2, -0.15) is 0 Å². The summed E-state index contributed by atoms with van der Waals surface area (Å²) in [6, 6.07) is 0. The van der Waals surface area contributed by atoms with Gasteiger partial charge in [0, 0.05) is 0 Å². The summed E-state index contributed by atoms with van der Waals surface area (Å²) in [6.07, 6.45) is 0. The first-order valence-corrected chi connectivity index (χ1v) is 6.13. The van der Waals surface area contributed by atoms with Crippen LogP contribution in [0.15, 0.2) is 22.9 Å². The summed E-state index contributed by atoms with van der Waals surface area (Å²) in [5, 5.41) is 0. The van der Waals surface area contributed by atoms with Crippen LogP contribution >= 0.6 is 9.95 Å². The van der Waals surface area contributed by atoms with Crippen LogP contribution in [0.5, 0.6) is 0 Å². The van der Waals surface area contributed by atoms with Crippen molar-refractivity contribution in [2.24, 2.45) is 0 Å². The van der Waals surface area contributed by atoms with Gasteiger partial charge in [-0.3, -0.25) is 0 Å². The minimum absolute atomic E-state index is 1.22. The number of rotatable bonds is 2. The van der Waals surface area contributed by atoms with Crippen LogP contribution in [-0.4, -0.2) is 13.7 Å². The maximum absolute atomic E-state index is 5.56. The van der Waals surface area contributed by atoms with Crippen molar-refractivity contribution in [3.63, 3.8) is 0 Å². The summed E-state index contributed by atoms with van der Waals surface area (Å²) in [5.74, 6) is 0. The van der Waals surface area contributed by atoms with Crippen LogP contribution in [0.1, 0.15) is 0 Å². The molecular weight excluding hydrogens is 158 g/mol. The Bertz CT molecular complexity index is 52.6. The summed E-state index contributed by atoms with van der Waals surface area (Å²) in [5.41, 5.74) is 0. The second kappa shape index (κ2) is 3.52. The van der Waals surface area contributed by atoms with E-state index in [1.54, 1.807) is 9.73 Å². The van der Waals surface area contributed by atoms with Crippen LogP contribution in [0.25, 0.3) is 0 Å². The van der Waals surface area contributed by atoms with Crippen molar-refractivity contribution in [2.75, 3.05) is 0 Å². The van der Waals surface area contributed by atoms with E-state index in [0.717, 1.165) is 0 Å². The molecule has 0 amide bonds. The molecule has 0 aliphatic carbocycles. The molecule has 6 heavy (non-hydrogen) atoms. The van der Waals surface area contributed by atoms with E-state index in [0.29, 0.717) is 0 Å². The summed E-state index contributed by atoms with van der Waals surface area (Å²) < 4.78 is 0. The van der Waals surface area contributed by atoms with E-state index in [1.165, 1.54) is 0 Å². The molecule has 0 bridgehead atoms. The van der Waals surface area contributed by atoms with Gasteiger partial charge in [0.05, 0.1) is 0 Å². The van der Waals surface area contributed by atoms with Crippen LogP contribution in [0.2, 0.25) is 0 Å². The Morgan fingerprint density at radius 1 is 1.33 bits per heavy atom. The average Bonchev–Trinajstić information content (AvgIpc) is 1.65. The van der Waals surface area contributed by atoms with Crippen molar-refractivity contribution in [2.45, 2.75) is 0 Å². The summed E-state index contributed by atoms with van der Waals surface area (Å²) in [4.78, 5) is 3.53. The number of halogens is 1. The van der Waals surface area contributed by atoms with Crippen molar-refractivity contribution in [3.8, 4) is 0 Å². The SMILES string of the molecule is C=C[As](Cl)C=C. The molecule has 0 aliphatic rings. The molecule has 2 heteroatoms. The zero-order valence-electron chi connectivity index (χ0n) is 3.39. The second-order valence-corrected chi connectivity index (χ2v) is 5.71. The van der Waals surface area contributed by atoms with Gasteiger partial charge in [0.1, 0.15) is 0 Å². The molecule has 0 saturated carbocycles. The topological polar surface area (TPSA) is 0 Å². The maximum atomic E-state index is 5.56. The molecule has 0 heterocycles. The van der Waals surface area contributed by atoms with Gasteiger partial charge in [-0.05, 0) is 0 Å². The normalized spacial score (nSPS) is 8.33. The molecule has 0 fully saturated rings. The predicted octanol–water partition coefficient (Wildman–Crippen LogP) is 1.67. The molecule has 0 radical (unpaired) electrons. The monoisotopic (exact) mass is 164 g/mol. The fourth-order valence-corrected chi connectivity index (χ4v) is 0.387. The van der Waals surface area contributed by atoms with E-state index in [1.807, 2.05) is 0 Å².